The third kappa shape index (κ3) is 5.15. The van der Waals surface area contributed by atoms with Gasteiger partial charge in [0.15, 0.2) is 0 Å². The first kappa shape index (κ1) is 19.5. The van der Waals surface area contributed by atoms with Gasteiger partial charge in [0.05, 0.1) is 0 Å². The average Bonchev–Trinajstić information content (AvgIpc) is 2.63. The summed E-state index contributed by atoms with van der Waals surface area (Å²) in [6, 6.07) is 9.97. The standard InChI is InChI=1S/C21H31N3O3/c1-21(2,3)27-20(26)22-14-10-17(11-15-22)16-23-12-7-13-24(19(23)25)18-8-5-4-6-9-18/h4-6,8-9,17H,7,10-16H2,1-3H3. The van der Waals surface area contributed by atoms with E-state index >= 15 is 0 Å². The Morgan fingerprint density at radius 1 is 1.07 bits per heavy atom. The molecule has 148 valence electrons. The third-order valence-electron chi connectivity index (χ3n) is 5.12. The van der Waals surface area contributed by atoms with Gasteiger partial charge in [-0.3, -0.25) is 4.90 Å². The predicted molar refractivity (Wildman–Crippen MR) is 106 cm³/mol. The van der Waals surface area contributed by atoms with Crippen molar-refractivity contribution >= 4 is 17.8 Å². The van der Waals surface area contributed by atoms with Crippen LogP contribution in [0.5, 0.6) is 0 Å². The maximum absolute atomic E-state index is 12.9. The molecule has 6 heteroatoms. The summed E-state index contributed by atoms with van der Waals surface area (Å²) in [6.07, 6.45) is 2.57. The van der Waals surface area contributed by atoms with Crippen LogP contribution in [0.1, 0.15) is 40.0 Å². The van der Waals surface area contributed by atoms with Gasteiger partial charge in [0, 0.05) is 38.4 Å². The highest BCUT2D eigenvalue weighted by Crippen LogP contribution is 2.24. The van der Waals surface area contributed by atoms with E-state index in [4.69, 9.17) is 4.74 Å². The van der Waals surface area contributed by atoms with Gasteiger partial charge in [-0.15, -0.1) is 0 Å². The Bertz CT molecular complexity index is 648. The Balaban J connectivity index is 1.51. The molecule has 0 aliphatic carbocycles. The summed E-state index contributed by atoms with van der Waals surface area (Å²) in [4.78, 5) is 30.7. The molecule has 6 nitrogen and oxygen atoms in total. The number of para-hydroxylation sites is 1. The largest absolute Gasteiger partial charge is 0.444 e. The topological polar surface area (TPSA) is 53.1 Å². The van der Waals surface area contributed by atoms with Crippen LogP contribution >= 0.6 is 0 Å². The van der Waals surface area contributed by atoms with E-state index in [1.807, 2.05) is 60.9 Å². The number of hydrogen-bond acceptors (Lipinski definition) is 3. The van der Waals surface area contributed by atoms with Crippen molar-refractivity contribution in [3.63, 3.8) is 0 Å². The van der Waals surface area contributed by atoms with Gasteiger partial charge in [-0.05, 0) is 58.1 Å². The number of urea groups is 1. The number of carbonyl (C=O) groups is 2. The molecule has 0 atom stereocenters. The van der Waals surface area contributed by atoms with E-state index in [0.717, 1.165) is 44.6 Å². The minimum absolute atomic E-state index is 0.0991. The Morgan fingerprint density at radius 2 is 1.74 bits per heavy atom. The first-order valence-electron chi connectivity index (χ1n) is 9.93. The molecule has 2 aliphatic heterocycles. The fraction of sp³-hybridized carbons (Fsp3) is 0.619. The molecule has 0 radical (unpaired) electrons. The van der Waals surface area contributed by atoms with Gasteiger partial charge < -0.3 is 14.5 Å². The minimum Gasteiger partial charge on any atom is -0.444 e. The maximum atomic E-state index is 12.9. The Hall–Kier alpha value is -2.24. The van der Waals surface area contributed by atoms with Crippen molar-refractivity contribution in [2.45, 2.75) is 45.6 Å². The Morgan fingerprint density at radius 3 is 2.37 bits per heavy atom. The molecular formula is C21H31N3O3. The van der Waals surface area contributed by atoms with E-state index in [2.05, 4.69) is 0 Å². The molecule has 1 aromatic carbocycles. The number of amides is 3. The molecule has 27 heavy (non-hydrogen) atoms. The van der Waals surface area contributed by atoms with E-state index < -0.39 is 5.60 Å². The van der Waals surface area contributed by atoms with Gasteiger partial charge in [0.2, 0.25) is 0 Å². The monoisotopic (exact) mass is 373 g/mol. The van der Waals surface area contributed by atoms with Gasteiger partial charge in [0.1, 0.15) is 5.60 Å². The first-order valence-corrected chi connectivity index (χ1v) is 9.93. The van der Waals surface area contributed by atoms with Gasteiger partial charge >= 0.3 is 12.1 Å². The highest BCUT2D eigenvalue weighted by molar-refractivity contribution is 5.92. The van der Waals surface area contributed by atoms with Crippen LogP contribution in [0.15, 0.2) is 30.3 Å². The van der Waals surface area contributed by atoms with Gasteiger partial charge in [0.25, 0.3) is 0 Å². The summed E-state index contributed by atoms with van der Waals surface area (Å²) < 4.78 is 5.46. The van der Waals surface area contributed by atoms with Crippen LogP contribution in [0.4, 0.5) is 15.3 Å². The highest BCUT2D eigenvalue weighted by Gasteiger charge is 2.31. The number of nitrogens with zero attached hydrogens (tertiary/aromatic N) is 3. The normalized spacial score (nSPS) is 19.4. The van der Waals surface area contributed by atoms with Crippen LogP contribution in [0, 0.1) is 5.92 Å². The molecule has 1 aromatic rings. The molecule has 2 fully saturated rings. The lowest BCUT2D eigenvalue weighted by atomic mass is 9.96. The summed E-state index contributed by atoms with van der Waals surface area (Å²) >= 11 is 0. The zero-order valence-electron chi connectivity index (χ0n) is 16.7. The second-order valence-electron chi connectivity index (χ2n) is 8.48. The minimum atomic E-state index is -0.463. The van der Waals surface area contributed by atoms with E-state index in [0.29, 0.717) is 19.0 Å². The third-order valence-corrected chi connectivity index (χ3v) is 5.12. The van der Waals surface area contributed by atoms with Gasteiger partial charge in [-0.2, -0.15) is 0 Å². The number of piperidine rings is 1. The highest BCUT2D eigenvalue weighted by atomic mass is 16.6. The van der Waals surface area contributed by atoms with Crippen LogP contribution in [-0.4, -0.2) is 60.2 Å². The second kappa shape index (κ2) is 8.19. The van der Waals surface area contributed by atoms with E-state index in [9.17, 15) is 9.59 Å². The number of carbonyl (C=O) groups excluding carboxylic acids is 2. The zero-order valence-corrected chi connectivity index (χ0v) is 16.7. The first-order chi connectivity index (χ1) is 12.8. The lowest BCUT2D eigenvalue weighted by Crippen LogP contribution is -2.52. The number of likely N-dealkylation sites (tertiary alicyclic amines) is 1. The van der Waals surface area contributed by atoms with E-state index in [1.165, 1.54) is 0 Å². The molecule has 0 saturated carbocycles. The van der Waals surface area contributed by atoms with Crippen LogP contribution in [-0.2, 0) is 4.74 Å². The van der Waals surface area contributed by atoms with Crippen molar-refractivity contribution in [1.82, 2.24) is 9.80 Å². The van der Waals surface area contributed by atoms with E-state index in [-0.39, 0.29) is 12.1 Å². The molecule has 0 unspecified atom stereocenters. The SMILES string of the molecule is CC(C)(C)OC(=O)N1CCC(CN2CCCN(c3ccccc3)C2=O)CC1. The van der Waals surface area contributed by atoms with Crippen molar-refractivity contribution in [3.8, 4) is 0 Å². The van der Waals surface area contributed by atoms with Crippen molar-refractivity contribution in [2.24, 2.45) is 5.92 Å². The average molecular weight is 373 g/mol. The summed E-state index contributed by atoms with van der Waals surface area (Å²) in [5, 5.41) is 0. The summed E-state index contributed by atoms with van der Waals surface area (Å²) in [5.41, 5.74) is 0.502. The Labute approximate surface area is 162 Å². The molecule has 2 aliphatic rings. The van der Waals surface area contributed by atoms with Crippen molar-refractivity contribution < 1.29 is 14.3 Å². The second-order valence-corrected chi connectivity index (χ2v) is 8.48. The summed E-state index contributed by atoms with van der Waals surface area (Å²) in [5.74, 6) is 0.434. The molecule has 0 spiro atoms. The molecule has 0 bridgehead atoms. The fourth-order valence-electron chi connectivity index (χ4n) is 3.73. The lowest BCUT2D eigenvalue weighted by Gasteiger charge is -2.39. The van der Waals surface area contributed by atoms with E-state index in [1.54, 1.807) is 4.90 Å². The smallest absolute Gasteiger partial charge is 0.410 e. The number of anilines is 1. The maximum Gasteiger partial charge on any atom is 0.410 e. The molecule has 3 amide bonds. The van der Waals surface area contributed by atoms with Gasteiger partial charge in [-0.25, -0.2) is 9.59 Å². The number of hydrogen-bond donors (Lipinski definition) is 0. The van der Waals surface area contributed by atoms with Crippen molar-refractivity contribution in [3.05, 3.63) is 30.3 Å². The molecular weight excluding hydrogens is 342 g/mol. The lowest BCUT2D eigenvalue weighted by molar-refractivity contribution is 0.0173. The Kier molecular flexibility index (Phi) is 5.92. The quantitative estimate of drug-likeness (QED) is 0.806. The summed E-state index contributed by atoms with van der Waals surface area (Å²) in [7, 11) is 0. The van der Waals surface area contributed by atoms with Crippen molar-refractivity contribution in [1.29, 1.82) is 0 Å². The zero-order chi connectivity index (χ0) is 19.4. The van der Waals surface area contributed by atoms with Crippen molar-refractivity contribution in [2.75, 3.05) is 37.6 Å². The molecule has 2 saturated heterocycles. The number of ether oxygens (including phenoxy) is 1. The van der Waals surface area contributed by atoms with Crippen LogP contribution in [0.3, 0.4) is 0 Å². The molecule has 3 rings (SSSR count). The fourth-order valence-corrected chi connectivity index (χ4v) is 3.73. The number of benzene rings is 1. The van der Waals surface area contributed by atoms with Crippen LogP contribution in [0.25, 0.3) is 0 Å². The molecule has 0 aromatic heterocycles. The number of rotatable bonds is 3. The predicted octanol–water partition coefficient (Wildman–Crippen LogP) is 3.97. The van der Waals surface area contributed by atoms with Crippen LogP contribution < -0.4 is 4.90 Å². The van der Waals surface area contributed by atoms with Crippen LogP contribution in [0.2, 0.25) is 0 Å². The van der Waals surface area contributed by atoms with Gasteiger partial charge in [-0.1, -0.05) is 18.2 Å². The summed E-state index contributed by atoms with van der Waals surface area (Å²) in [6.45, 7) is 9.41. The molecule has 0 N–H and O–H groups in total. The molecule has 2 heterocycles.